The van der Waals surface area contributed by atoms with Gasteiger partial charge in [0.2, 0.25) is 0 Å². The van der Waals surface area contributed by atoms with E-state index in [2.05, 4.69) is 0 Å². The van der Waals surface area contributed by atoms with Crippen molar-refractivity contribution >= 4 is 5.97 Å². The third kappa shape index (κ3) is 4.34. The molecule has 5 heteroatoms. The van der Waals surface area contributed by atoms with Gasteiger partial charge in [-0.2, -0.15) is 0 Å². The number of benzene rings is 1. The largest absolute Gasteiger partial charge is 1.00 e. The molecular weight excluding hydrogens is 202 g/mol. The maximum Gasteiger partial charge on any atom is 1.00 e. The van der Waals surface area contributed by atoms with Gasteiger partial charge in [-0.25, -0.2) is 0 Å². The molecule has 0 fully saturated rings. The van der Waals surface area contributed by atoms with E-state index in [0.29, 0.717) is 0 Å². The van der Waals surface area contributed by atoms with Crippen molar-refractivity contribution in [2.75, 3.05) is 0 Å². The first kappa shape index (κ1) is 16.9. The van der Waals surface area contributed by atoms with Gasteiger partial charge in [0.25, 0.3) is 0 Å². The van der Waals surface area contributed by atoms with E-state index in [1.54, 1.807) is 12.1 Å². The van der Waals surface area contributed by atoms with E-state index in [0.717, 1.165) is 0 Å². The monoisotopic (exact) mass is 210 g/mol. The fourth-order valence-electron chi connectivity index (χ4n) is 0.965. The number of carbonyl (C=O) groups is 1. The summed E-state index contributed by atoms with van der Waals surface area (Å²) in [6.45, 7) is 1.44. The van der Waals surface area contributed by atoms with Crippen LogP contribution in [0.15, 0.2) is 24.3 Å². The summed E-state index contributed by atoms with van der Waals surface area (Å²) in [7, 11) is 0. The zero-order valence-corrected chi connectivity index (χ0v) is 12.6. The Morgan fingerprint density at radius 1 is 1.29 bits per heavy atom. The smallest absolute Gasteiger partial charge is 0.872 e. The van der Waals surface area contributed by atoms with E-state index in [9.17, 15) is 15.0 Å². The first-order valence-corrected chi connectivity index (χ1v) is 3.59. The third-order valence-corrected chi connectivity index (χ3v) is 1.74. The van der Waals surface area contributed by atoms with Crippen LogP contribution in [0, 0.1) is 0 Å². The van der Waals surface area contributed by atoms with Crippen molar-refractivity contribution in [2.24, 2.45) is 0 Å². The van der Waals surface area contributed by atoms with E-state index in [-0.39, 0.29) is 70.4 Å². The standard InChI is InChI=1S/C9H10O3.2Na/c1-6(9(11)12)7-4-2-3-5-8(7)10;;/h2-6,10H,1H3,(H,11,12);;/q;2*+1/p-2. The molecule has 0 N–H and O–H groups in total. The predicted octanol–water partition coefficient (Wildman–Crippen LogP) is -6.38. The SMILES string of the molecule is CC(C(=O)[O-])c1ccccc1[O-].[Na+].[Na+]. The van der Waals surface area contributed by atoms with Crippen LogP contribution in [0.1, 0.15) is 18.4 Å². The molecule has 0 aliphatic rings. The van der Waals surface area contributed by atoms with E-state index < -0.39 is 11.9 Å². The van der Waals surface area contributed by atoms with Crippen molar-refractivity contribution in [2.45, 2.75) is 12.8 Å². The van der Waals surface area contributed by atoms with E-state index in [1.165, 1.54) is 19.1 Å². The van der Waals surface area contributed by atoms with Crippen molar-refractivity contribution in [3.63, 3.8) is 0 Å². The number of hydrogen-bond donors (Lipinski definition) is 0. The van der Waals surface area contributed by atoms with Gasteiger partial charge >= 0.3 is 59.1 Å². The first-order chi connectivity index (χ1) is 5.63. The second-order valence-electron chi connectivity index (χ2n) is 2.58. The molecule has 0 heterocycles. The molecule has 0 amide bonds. The van der Waals surface area contributed by atoms with Gasteiger partial charge in [0, 0.05) is 11.9 Å². The number of hydrogen-bond acceptors (Lipinski definition) is 3. The summed E-state index contributed by atoms with van der Waals surface area (Å²) in [4.78, 5) is 10.4. The van der Waals surface area contributed by atoms with Crippen molar-refractivity contribution in [3.8, 4) is 5.75 Å². The zero-order chi connectivity index (χ0) is 9.14. The number of carbonyl (C=O) groups excluding carboxylic acids is 1. The summed E-state index contributed by atoms with van der Waals surface area (Å²) in [6.07, 6.45) is 0. The van der Waals surface area contributed by atoms with Crippen molar-refractivity contribution < 1.29 is 74.1 Å². The van der Waals surface area contributed by atoms with Crippen LogP contribution < -0.4 is 69.3 Å². The van der Waals surface area contributed by atoms with Gasteiger partial charge in [-0.05, 0) is 5.56 Å². The van der Waals surface area contributed by atoms with Crippen molar-refractivity contribution in [1.29, 1.82) is 0 Å². The maximum atomic E-state index is 11.1. The minimum absolute atomic E-state index is 0. The zero-order valence-electron chi connectivity index (χ0n) is 8.61. The Labute approximate surface area is 127 Å². The average molecular weight is 210 g/mol. The Morgan fingerprint density at radius 3 is 2.21 bits per heavy atom. The summed E-state index contributed by atoms with van der Waals surface area (Å²) in [5.41, 5.74) is 0.275. The molecule has 0 spiro atoms. The molecule has 1 unspecified atom stereocenters. The Bertz CT molecular complexity index is 302. The molecule has 0 aromatic heterocycles. The minimum atomic E-state index is -1.22. The minimum Gasteiger partial charge on any atom is -0.872 e. The van der Waals surface area contributed by atoms with Gasteiger partial charge in [-0.15, -0.1) is 5.75 Å². The summed E-state index contributed by atoms with van der Waals surface area (Å²) in [5.74, 6) is -2.31. The number of aliphatic carboxylic acids is 1. The quantitative estimate of drug-likeness (QED) is 0.456. The predicted molar refractivity (Wildman–Crippen MR) is 39.3 cm³/mol. The molecule has 1 aromatic rings. The van der Waals surface area contributed by atoms with Gasteiger partial charge in [0.05, 0.1) is 0 Å². The molecule has 0 saturated heterocycles. The second kappa shape index (κ2) is 7.74. The molecule has 0 saturated carbocycles. The number of carboxylic acid groups (broad SMARTS) is 1. The van der Waals surface area contributed by atoms with Crippen LogP contribution in [-0.4, -0.2) is 5.97 Å². The number of carboxylic acids is 1. The normalized spacial score (nSPS) is 10.6. The molecule has 0 aliphatic carbocycles. The van der Waals surface area contributed by atoms with Gasteiger partial charge in [-0.3, -0.25) is 0 Å². The number of rotatable bonds is 2. The molecule has 0 bridgehead atoms. The molecule has 1 aromatic carbocycles. The van der Waals surface area contributed by atoms with Gasteiger partial charge in [-0.1, -0.05) is 31.2 Å². The van der Waals surface area contributed by atoms with Crippen molar-refractivity contribution in [3.05, 3.63) is 29.8 Å². The second-order valence-corrected chi connectivity index (χ2v) is 2.58. The van der Waals surface area contributed by atoms with Crippen LogP contribution in [0.4, 0.5) is 0 Å². The summed E-state index contributed by atoms with van der Waals surface area (Å²) in [5, 5.41) is 21.5. The average Bonchev–Trinajstić information content (AvgIpc) is 2.04. The molecule has 0 aliphatic heterocycles. The van der Waals surface area contributed by atoms with Crippen LogP contribution in [0.3, 0.4) is 0 Å². The fraction of sp³-hybridized carbons (Fsp3) is 0.222. The molecule has 0 radical (unpaired) electrons. The van der Waals surface area contributed by atoms with Crippen LogP contribution in [-0.2, 0) is 4.79 Å². The molecule has 1 atom stereocenters. The molecular formula is C9H8Na2O3. The Balaban J connectivity index is 0. The van der Waals surface area contributed by atoms with Gasteiger partial charge < -0.3 is 15.0 Å². The van der Waals surface area contributed by atoms with Crippen LogP contribution in [0.2, 0.25) is 0 Å². The Kier molecular flexibility index (Phi) is 9.34. The molecule has 1 rings (SSSR count). The molecule has 14 heavy (non-hydrogen) atoms. The third-order valence-electron chi connectivity index (χ3n) is 1.74. The Morgan fingerprint density at radius 2 is 1.79 bits per heavy atom. The van der Waals surface area contributed by atoms with Gasteiger partial charge in [0.15, 0.2) is 0 Å². The van der Waals surface area contributed by atoms with E-state index in [1.807, 2.05) is 0 Å². The van der Waals surface area contributed by atoms with Crippen LogP contribution >= 0.6 is 0 Å². The maximum absolute atomic E-state index is 11.1. The molecule has 64 valence electrons. The topological polar surface area (TPSA) is 63.2 Å². The Hall–Kier alpha value is 0.490. The fourth-order valence-corrected chi connectivity index (χ4v) is 0.965. The van der Waals surface area contributed by atoms with E-state index in [4.69, 9.17) is 0 Å². The number of para-hydroxylation sites is 1. The van der Waals surface area contributed by atoms with Gasteiger partial charge in [0.1, 0.15) is 0 Å². The summed E-state index contributed by atoms with van der Waals surface area (Å²) < 4.78 is 0. The summed E-state index contributed by atoms with van der Waals surface area (Å²) >= 11 is 0. The molecule has 3 nitrogen and oxygen atoms in total. The van der Waals surface area contributed by atoms with Crippen LogP contribution in [0.25, 0.3) is 0 Å². The van der Waals surface area contributed by atoms with Crippen LogP contribution in [0.5, 0.6) is 5.75 Å². The summed E-state index contributed by atoms with van der Waals surface area (Å²) in [6, 6.07) is 6.06. The first-order valence-electron chi connectivity index (χ1n) is 3.59. The van der Waals surface area contributed by atoms with E-state index >= 15 is 0 Å². The van der Waals surface area contributed by atoms with Crippen molar-refractivity contribution in [1.82, 2.24) is 0 Å².